The zero-order valence-electron chi connectivity index (χ0n) is 21.3. The first-order chi connectivity index (χ1) is 18.7. The maximum atomic E-state index is 12.1. The van der Waals surface area contributed by atoms with Gasteiger partial charge in [0.2, 0.25) is 0 Å². The Hall–Kier alpha value is -4.10. The SMILES string of the molecule is CS(=O)(=O)Cc1cc(Nc2cc(NC3CC3)n3ncc(C#N)c3n2)ccc1N1CC[C@@H](N)C1.O=C(O)C(F)(F)F. The van der Waals surface area contributed by atoms with Gasteiger partial charge >= 0.3 is 12.1 Å². The van der Waals surface area contributed by atoms with E-state index in [1.807, 2.05) is 24.3 Å². The average molecular weight is 581 g/mol. The predicted octanol–water partition coefficient (Wildman–Crippen LogP) is 2.63. The number of sulfone groups is 1. The maximum absolute atomic E-state index is 12.1. The van der Waals surface area contributed by atoms with Crippen LogP contribution in [0.25, 0.3) is 5.65 Å². The molecule has 0 radical (unpaired) electrons. The number of carboxylic acid groups (broad SMARTS) is 1. The lowest BCUT2D eigenvalue weighted by Gasteiger charge is -2.22. The number of nitrogens with two attached hydrogens (primary N) is 1. The number of carbonyl (C=O) groups is 1. The van der Waals surface area contributed by atoms with Gasteiger partial charge in [-0.25, -0.2) is 18.2 Å². The number of carboxylic acids is 1. The summed E-state index contributed by atoms with van der Waals surface area (Å²) in [7, 11) is -3.23. The van der Waals surface area contributed by atoms with E-state index in [2.05, 4.69) is 31.7 Å². The van der Waals surface area contributed by atoms with E-state index >= 15 is 0 Å². The van der Waals surface area contributed by atoms with E-state index in [0.29, 0.717) is 35.3 Å². The van der Waals surface area contributed by atoms with Gasteiger partial charge in [-0.05, 0) is 43.0 Å². The fraction of sp³-hybridized carbons (Fsp3) is 0.417. The fourth-order valence-corrected chi connectivity index (χ4v) is 4.97. The molecule has 1 aliphatic heterocycles. The molecule has 5 N–H and O–H groups in total. The molecule has 5 rings (SSSR count). The normalized spacial score (nSPS) is 17.2. The zero-order chi connectivity index (χ0) is 29.2. The number of benzene rings is 1. The highest BCUT2D eigenvalue weighted by molar-refractivity contribution is 7.89. The topological polar surface area (TPSA) is 179 Å². The molecule has 1 saturated carbocycles. The van der Waals surface area contributed by atoms with Crippen molar-refractivity contribution in [1.29, 1.82) is 5.26 Å². The van der Waals surface area contributed by atoms with Crippen molar-refractivity contribution in [2.75, 3.05) is 34.9 Å². The number of halogens is 3. The molecule has 2 aromatic heterocycles. The molecule has 2 aliphatic rings. The van der Waals surface area contributed by atoms with Crippen LogP contribution in [0.2, 0.25) is 0 Å². The maximum Gasteiger partial charge on any atom is 0.490 e. The fourth-order valence-electron chi connectivity index (χ4n) is 4.17. The molecule has 1 aliphatic carbocycles. The molecule has 12 nitrogen and oxygen atoms in total. The number of nitriles is 1. The first kappa shape index (κ1) is 28.9. The Labute approximate surface area is 227 Å². The Morgan fingerprint density at radius 1 is 1.27 bits per heavy atom. The van der Waals surface area contributed by atoms with E-state index in [1.165, 1.54) is 12.5 Å². The number of hydrogen-bond acceptors (Lipinski definition) is 10. The van der Waals surface area contributed by atoms with Crippen molar-refractivity contribution >= 4 is 44.5 Å². The predicted molar refractivity (Wildman–Crippen MR) is 141 cm³/mol. The van der Waals surface area contributed by atoms with Crippen molar-refractivity contribution in [1.82, 2.24) is 14.6 Å². The number of aliphatic carboxylic acids is 1. The van der Waals surface area contributed by atoms with Gasteiger partial charge in [0.05, 0.1) is 11.9 Å². The summed E-state index contributed by atoms with van der Waals surface area (Å²) >= 11 is 0. The van der Waals surface area contributed by atoms with Crippen molar-refractivity contribution < 1.29 is 31.5 Å². The van der Waals surface area contributed by atoms with Crippen molar-refractivity contribution in [3.63, 3.8) is 0 Å². The smallest absolute Gasteiger partial charge is 0.475 e. The minimum absolute atomic E-state index is 0.0637. The van der Waals surface area contributed by atoms with Gasteiger partial charge < -0.3 is 26.4 Å². The van der Waals surface area contributed by atoms with Gasteiger partial charge in [0.15, 0.2) is 15.5 Å². The summed E-state index contributed by atoms with van der Waals surface area (Å²) in [6, 6.07) is 10.2. The van der Waals surface area contributed by atoms with Crippen LogP contribution in [0, 0.1) is 11.3 Å². The summed E-state index contributed by atoms with van der Waals surface area (Å²) in [4.78, 5) is 15.6. The lowest BCUT2D eigenvalue weighted by atomic mass is 10.1. The Morgan fingerprint density at radius 3 is 2.52 bits per heavy atom. The molecule has 1 saturated heterocycles. The third-order valence-corrected chi connectivity index (χ3v) is 6.93. The Kier molecular flexibility index (Phi) is 8.08. The van der Waals surface area contributed by atoms with Crippen LogP contribution in [0.5, 0.6) is 0 Å². The molecule has 3 heterocycles. The largest absolute Gasteiger partial charge is 0.490 e. The monoisotopic (exact) mass is 580 g/mol. The molecule has 1 atom stereocenters. The van der Waals surface area contributed by atoms with Crippen LogP contribution in [-0.4, -0.2) is 71.7 Å². The number of alkyl halides is 3. The number of hydrogen-bond donors (Lipinski definition) is 4. The molecule has 2 fully saturated rings. The van der Waals surface area contributed by atoms with Crippen LogP contribution >= 0.6 is 0 Å². The zero-order valence-corrected chi connectivity index (χ0v) is 22.1. The van der Waals surface area contributed by atoms with Crippen LogP contribution in [-0.2, 0) is 20.4 Å². The summed E-state index contributed by atoms with van der Waals surface area (Å²) in [5.74, 6) is -1.52. The summed E-state index contributed by atoms with van der Waals surface area (Å²) in [5.41, 5.74) is 9.24. The highest BCUT2D eigenvalue weighted by atomic mass is 32.2. The third kappa shape index (κ3) is 7.30. The second-order valence-electron chi connectivity index (χ2n) is 9.69. The standard InChI is InChI=1S/C22H26N8O2S.C2HF3O2/c1-33(31,32)13-14-8-18(4-5-19(14)29-7-6-16(24)12-29)26-20-9-21(27-17-2-3-17)30-22(28-20)15(10-23)11-25-30;3-2(4,5)1(6)7/h4-5,8-9,11,16-17,27H,2-3,6-7,12-13,24H2,1H3,(H,26,28);(H,6,7)/t16-;/m1./s1. The lowest BCUT2D eigenvalue weighted by Crippen LogP contribution is -2.27. The number of anilines is 4. The van der Waals surface area contributed by atoms with Crippen molar-refractivity contribution in [3.8, 4) is 6.07 Å². The molecule has 1 aromatic carbocycles. The van der Waals surface area contributed by atoms with Crippen LogP contribution in [0.4, 0.5) is 36.2 Å². The van der Waals surface area contributed by atoms with Gasteiger partial charge in [-0.15, -0.1) is 0 Å². The average Bonchev–Trinajstić information content (AvgIpc) is 3.40. The Bertz CT molecular complexity index is 1560. The number of nitrogens with one attached hydrogen (secondary N) is 2. The van der Waals surface area contributed by atoms with Crippen LogP contribution in [0.15, 0.2) is 30.5 Å². The molecular formula is C24H27F3N8O4S. The van der Waals surface area contributed by atoms with Crippen molar-refractivity contribution in [3.05, 3.63) is 41.6 Å². The van der Waals surface area contributed by atoms with Gasteiger partial charge in [-0.2, -0.15) is 28.0 Å². The van der Waals surface area contributed by atoms with E-state index in [9.17, 15) is 26.9 Å². The molecule has 16 heteroatoms. The molecule has 214 valence electrons. The highest BCUT2D eigenvalue weighted by Gasteiger charge is 2.38. The summed E-state index contributed by atoms with van der Waals surface area (Å²) in [5, 5.41) is 27.6. The third-order valence-electron chi connectivity index (χ3n) is 6.10. The summed E-state index contributed by atoms with van der Waals surface area (Å²) in [6.45, 7) is 1.51. The Balaban J connectivity index is 0.000000470. The van der Waals surface area contributed by atoms with Gasteiger partial charge in [0.25, 0.3) is 0 Å². The number of fused-ring (bicyclic) bond motifs is 1. The molecule has 0 bridgehead atoms. The van der Waals surface area contributed by atoms with Gasteiger partial charge in [0.1, 0.15) is 23.3 Å². The lowest BCUT2D eigenvalue weighted by molar-refractivity contribution is -0.192. The first-order valence-electron chi connectivity index (χ1n) is 12.2. The second-order valence-corrected chi connectivity index (χ2v) is 11.8. The summed E-state index contributed by atoms with van der Waals surface area (Å²) in [6.07, 6.45) is 0.724. The molecule has 0 spiro atoms. The molecular weight excluding hydrogens is 553 g/mol. The molecule has 40 heavy (non-hydrogen) atoms. The quantitative estimate of drug-likeness (QED) is 0.323. The van der Waals surface area contributed by atoms with Gasteiger partial charge in [-0.1, -0.05) is 0 Å². The second kappa shape index (κ2) is 11.2. The van der Waals surface area contributed by atoms with Gasteiger partial charge in [0, 0.05) is 48.9 Å². The van der Waals surface area contributed by atoms with Crippen molar-refractivity contribution in [2.45, 2.75) is 43.3 Å². The van der Waals surface area contributed by atoms with E-state index < -0.39 is 22.0 Å². The van der Waals surface area contributed by atoms with E-state index in [1.54, 1.807) is 4.52 Å². The van der Waals surface area contributed by atoms with E-state index in [4.69, 9.17) is 15.6 Å². The van der Waals surface area contributed by atoms with Crippen LogP contribution in [0.3, 0.4) is 0 Å². The highest BCUT2D eigenvalue weighted by Crippen LogP contribution is 2.31. The van der Waals surface area contributed by atoms with Gasteiger partial charge in [-0.3, -0.25) is 0 Å². The van der Waals surface area contributed by atoms with Crippen molar-refractivity contribution in [2.24, 2.45) is 5.73 Å². The first-order valence-corrected chi connectivity index (χ1v) is 14.2. The minimum atomic E-state index is -5.08. The molecule has 3 aromatic rings. The minimum Gasteiger partial charge on any atom is -0.475 e. The number of rotatable bonds is 7. The van der Waals surface area contributed by atoms with Crippen LogP contribution < -0.4 is 21.3 Å². The Morgan fingerprint density at radius 2 is 1.98 bits per heavy atom. The van der Waals surface area contributed by atoms with E-state index in [-0.39, 0.29) is 11.8 Å². The molecule has 0 unspecified atom stereocenters. The van der Waals surface area contributed by atoms with Crippen LogP contribution in [0.1, 0.15) is 30.4 Å². The number of nitrogens with zero attached hydrogens (tertiary/aromatic N) is 5. The number of aromatic nitrogens is 3. The molecule has 0 amide bonds. The van der Waals surface area contributed by atoms with E-state index in [0.717, 1.165) is 42.9 Å². The summed E-state index contributed by atoms with van der Waals surface area (Å²) < 4.78 is 57.6.